The van der Waals surface area contributed by atoms with Gasteiger partial charge in [-0.05, 0) is 50.2 Å². The van der Waals surface area contributed by atoms with E-state index < -0.39 is 6.04 Å². The number of carbonyl (C=O) groups excluding carboxylic acids is 2. The van der Waals surface area contributed by atoms with E-state index in [2.05, 4.69) is 10.3 Å². The van der Waals surface area contributed by atoms with Crippen LogP contribution in [0.2, 0.25) is 0 Å². The van der Waals surface area contributed by atoms with Gasteiger partial charge in [-0.25, -0.2) is 4.98 Å². The van der Waals surface area contributed by atoms with Gasteiger partial charge in [0, 0.05) is 5.56 Å². The lowest BCUT2D eigenvalue weighted by Gasteiger charge is -2.16. The molecule has 0 spiro atoms. The summed E-state index contributed by atoms with van der Waals surface area (Å²) in [7, 11) is 1.57. The lowest BCUT2D eigenvalue weighted by Crippen LogP contribution is -2.29. The van der Waals surface area contributed by atoms with Crippen molar-refractivity contribution in [2.75, 3.05) is 13.7 Å². The third kappa shape index (κ3) is 4.14. The molecule has 0 fully saturated rings. The third-order valence-corrected chi connectivity index (χ3v) is 4.36. The van der Waals surface area contributed by atoms with Gasteiger partial charge in [-0.2, -0.15) is 0 Å². The third-order valence-electron chi connectivity index (χ3n) is 4.36. The van der Waals surface area contributed by atoms with Crippen LogP contribution in [0.5, 0.6) is 5.75 Å². The summed E-state index contributed by atoms with van der Waals surface area (Å²) in [5, 5.41) is 2.94. The number of nitrogens with one attached hydrogen (secondary N) is 1. The fourth-order valence-electron chi connectivity index (χ4n) is 3.01. The first-order chi connectivity index (χ1) is 13.5. The van der Waals surface area contributed by atoms with Gasteiger partial charge in [-0.1, -0.05) is 12.1 Å². The molecule has 3 aromatic rings. The molecule has 0 bridgehead atoms. The molecule has 0 saturated heterocycles. The van der Waals surface area contributed by atoms with E-state index in [9.17, 15) is 9.59 Å². The number of benzene rings is 2. The van der Waals surface area contributed by atoms with Gasteiger partial charge in [0.25, 0.3) is 5.91 Å². The van der Waals surface area contributed by atoms with E-state index in [4.69, 9.17) is 9.47 Å². The highest BCUT2D eigenvalue weighted by molar-refractivity contribution is 5.94. The standard InChI is InChI=1S/C21H23N3O4/c1-4-28-19(25)13-24-18-8-6-5-7-17(18)23-20(24)14(2)22-21(26)15-9-11-16(27-3)12-10-15/h5-12,14H,4,13H2,1-3H3,(H,22,26). The van der Waals surface area contributed by atoms with Crippen LogP contribution in [0.1, 0.15) is 36.1 Å². The minimum Gasteiger partial charge on any atom is -0.497 e. The summed E-state index contributed by atoms with van der Waals surface area (Å²) in [6, 6.07) is 14.0. The topological polar surface area (TPSA) is 82.5 Å². The number of imidazole rings is 1. The Balaban J connectivity index is 1.86. The van der Waals surface area contributed by atoms with E-state index in [0.29, 0.717) is 23.7 Å². The highest BCUT2D eigenvalue weighted by Crippen LogP contribution is 2.21. The molecule has 1 unspecified atom stereocenters. The number of carbonyl (C=O) groups is 2. The molecule has 1 heterocycles. The maximum Gasteiger partial charge on any atom is 0.326 e. The first-order valence-electron chi connectivity index (χ1n) is 9.09. The Kier molecular flexibility index (Phi) is 5.93. The molecule has 1 atom stereocenters. The molecule has 0 aliphatic heterocycles. The molecule has 2 aromatic carbocycles. The van der Waals surface area contributed by atoms with Crippen molar-refractivity contribution in [3.8, 4) is 5.75 Å². The summed E-state index contributed by atoms with van der Waals surface area (Å²) in [5.74, 6) is 0.697. The van der Waals surface area contributed by atoms with Gasteiger partial charge >= 0.3 is 5.97 Å². The van der Waals surface area contributed by atoms with Crippen LogP contribution < -0.4 is 10.1 Å². The van der Waals surface area contributed by atoms with Gasteiger partial charge in [0.15, 0.2) is 0 Å². The smallest absolute Gasteiger partial charge is 0.326 e. The average Bonchev–Trinajstić information content (AvgIpc) is 3.07. The van der Waals surface area contributed by atoms with Crippen molar-refractivity contribution in [1.29, 1.82) is 0 Å². The summed E-state index contributed by atoms with van der Waals surface area (Å²) in [6.45, 7) is 3.95. The maximum absolute atomic E-state index is 12.6. The Bertz CT molecular complexity index is 979. The number of nitrogens with zero attached hydrogens (tertiary/aromatic N) is 2. The van der Waals surface area contributed by atoms with E-state index in [1.165, 1.54) is 0 Å². The van der Waals surface area contributed by atoms with E-state index in [1.54, 1.807) is 42.9 Å². The lowest BCUT2D eigenvalue weighted by molar-refractivity contribution is -0.143. The number of amides is 1. The number of hydrogen-bond donors (Lipinski definition) is 1. The van der Waals surface area contributed by atoms with Gasteiger partial charge in [0.05, 0.1) is 30.8 Å². The molecule has 0 radical (unpaired) electrons. The minimum atomic E-state index is -0.406. The molecule has 7 heteroatoms. The molecule has 1 amide bonds. The van der Waals surface area contributed by atoms with Crippen LogP contribution >= 0.6 is 0 Å². The number of fused-ring (bicyclic) bond motifs is 1. The summed E-state index contributed by atoms with van der Waals surface area (Å²) < 4.78 is 12.0. The number of methoxy groups -OCH3 is 1. The van der Waals surface area contributed by atoms with Crippen molar-refractivity contribution in [2.45, 2.75) is 26.4 Å². The molecule has 1 aromatic heterocycles. The number of rotatable bonds is 7. The molecule has 28 heavy (non-hydrogen) atoms. The number of hydrogen-bond acceptors (Lipinski definition) is 5. The average molecular weight is 381 g/mol. The van der Waals surface area contributed by atoms with Gasteiger partial charge in [-0.3, -0.25) is 9.59 Å². The Labute approximate surface area is 163 Å². The van der Waals surface area contributed by atoms with Crippen molar-refractivity contribution in [3.63, 3.8) is 0 Å². The fourth-order valence-corrected chi connectivity index (χ4v) is 3.01. The first kappa shape index (κ1) is 19.4. The quantitative estimate of drug-likeness (QED) is 0.636. The van der Waals surface area contributed by atoms with Gasteiger partial charge in [-0.15, -0.1) is 0 Å². The monoisotopic (exact) mass is 381 g/mol. The summed E-state index contributed by atoms with van der Waals surface area (Å²) >= 11 is 0. The van der Waals surface area contributed by atoms with Crippen LogP contribution in [0.25, 0.3) is 11.0 Å². The molecule has 0 saturated carbocycles. The van der Waals surface area contributed by atoms with Gasteiger partial charge in [0.1, 0.15) is 18.1 Å². The molecular weight excluding hydrogens is 358 g/mol. The van der Waals surface area contributed by atoms with Crippen molar-refractivity contribution in [2.24, 2.45) is 0 Å². The van der Waals surface area contributed by atoms with Crippen LogP contribution in [0, 0.1) is 0 Å². The molecule has 1 N–H and O–H groups in total. The zero-order chi connectivity index (χ0) is 20.1. The van der Waals surface area contributed by atoms with E-state index in [0.717, 1.165) is 11.0 Å². The van der Waals surface area contributed by atoms with Crippen LogP contribution in [0.3, 0.4) is 0 Å². The molecule has 146 valence electrons. The van der Waals surface area contributed by atoms with Crippen molar-refractivity contribution < 1.29 is 19.1 Å². The normalized spacial score (nSPS) is 11.8. The molecule has 7 nitrogen and oxygen atoms in total. The van der Waals surface area contributed by atoms with E-state index in [-0.39, 0.29) is 18.4 Å². The Morgan fingerprint density at radius 3 is 2.54 bits per heavy atom. The van der Waals surface area contributed by atoms with Crippen LogP contribution in [-0.2, 0) is 16.1 Å². The summed E-state index contributed by atoms with van der Waals surface area (Å²) in [5.41, 5.74) is 2.09. The molecule has 0 aliphatic carbocycles. The van der Waals surface area contributed by atoms with Crippen LogP contribution in [-0.4, -0.2) is 35.1 Å². The van der Waals surface area contributed by atoms with Crippen molar-refractivity contribution in [1.82, 2.24) is 14.9 Å². The summed E-state index contributed by atoms with van der Waals surface area (Å²) in [4.78, 5) is 29.3. The second-order valence-corrected chi connectivity index (χ2v) is 6.27. The number of aromatic nitrogens is 2. The first-order valence-corrected chi connectivity index (χ1v) is 9.09. The predicted octanol–water partition coefficient (Wildman–Crippen LogP) is 3.10. The number of ether oxygens (including phenoxy) is 2. The van der Waals surface area contributed by atoms with E-state index in [1.807, 2.05) is 31.2 Å². The highest BCUT2D eigenvalue weighted by atomic mass is 16.5. The van der Waals surface area contributed by atoms with Crippen molar-refractivity contribution in [3.05, 3.63) is 59.9 Å². The van der Waals surface area contributed by atoms with Gasteiger partial charge in [0.2, 0.25) is 0 Å². The fraction of sp³-hybridized carbons (Fsp3) is 0.286. The van der Waals surface area contributed by atoms with Crippen LogP contribution in [0.4, 0.5) is 0 Å². The van der Waals surface area contributed by atoms with Gasteiger partial charge < -0.3 is 19.4 Å². The molecule has 3 rings (SSSR count). The second-order valence-electron chi connectivity index (χ2n) is 6.27. The summed E-state index contributed by atoms with van der Waals surface area (Å²) in [6.07, 6.45) is 0. The van der Waals surface area contributed by atoms with E-state index >= 15 is 0 Å². The number of esters is 1. The minimum absolute atomic E-state index is 0.0342. The Hall–Kier alpha value is -3.35. The molecule has 0 aliphatic rings. The number of para-hydroxylation sites is 2. The SMILES string of the molecule is CCOC(=O)Cn1c(C(C)NC(=O)c2ccc(OC)cc2)nc2ccccc21. The van der Waals surface area contributed by atoms with Crippen LogP contribution in [0.15, 0.2) is 48.5 Å². The molecular formula is C21H23N3O4. The predicted molar refractivity (Wildman–Crippen MR) is 105 cm³/mol. The highest BCUT2D eigenvalue weighted by Gasteiger charge is 2.21. The largest absolute Gasteiger partial charge is 0.497 e. The zero-order valence-corrected chi connectivity index (χ0v) is 16.1. The zero-order valence-electron chi connectivity index (χ0n) is 16.1. The second kappa shape index (κ2) is 8.56. The Morgan fingerprint density at radius 1 is 1.14 bits per heavy atom. The maximum atomic E-state index is 12.6. The van der Waals surface area contributed by atoms with Crippen molar-refractivity contribution >= 4 is 22.9 Å². The lowest BCUT2D eigenvalue weighted by atomic mass is 10.2. The Morgan fingerprint density at radius 2 is 1.86 bits per heavy atom.